The van der Waals surface area contributed by atoms with Crippen LogP contribution in [0.1, 0.15) is 6.92 Å². The molecule has 0 heterocycles. The van der Waals surface area contributed by atoms with Crippen molar-refractivity contribution in [2.45, 2.75) is 13.0 Å². The number of aliphatic hydroxyl groups excluding tert-OH is 2. The third-order valence-electron chi connectivity index (χ3n) is 1.91. The average molecular weight is 275 g/mol. The van der Waals surface area contributed by atoms with Crippen molar-refractivity contribution >= 4 is 15.9 Å². The van der Waals surface area contributed by atoms with Crippen LogP contribution in [-0.4, -0.2) is 29.5 Å². The summed E-state index contributed by atoms with van der Waals surface area (Å²) in [6.07, 6.45) is 6.90. The highest BCUT2D eigenvalue weighted by atomic mass is 79.9. The third-order valence-corrected chi connectivity index (χ3v) is 2.44. The largest absolute Gasteiger partial charge is 0.491 e. The SMILES string of the molecule is CC1C=C(Br)C=CC(OCC(O)CO)=C1. The highest BCUT2D eigenvalue weighted by Crippen LogP contribution is 2.19. The molecule has 3 nitrogen and oxygen atoms in total. The maximum absolute atomic E-state index is 9.13. The molecule has 1 aliphatic carbocycles. The second kappa shape index (κ2) is 6.10. The Kier molecular flexibility index (Phi) is 5.08. The van der Waals surface area contributed by atoms with Gasteiger partial charge in [-0.05, 0) is 24.1 Å². The summed E-state index contributed by atoms with van der Waals surface area (Å²) in [7, 11) is 0. The fourth-order valence-corrected chi connectivity index (χ4v) is 1.72. The third kappa shape index (κ3) is 4.64. The first-order chi connectivity index (χ1) is 7.11. The minimum absolute atomic E-state index is 0.108. The molecule has 4 heteroatoms. The van der Waals surface area contributed by atoms with E-state index in [1.807, 2.05) is 25.2 Å². The van der Waals surface area contributed by atoms with Crippen molar-refractivity contribution < 1.29 is 14.9 Å². The number of rotatable bonds is 4. The fraction of sp³-hybridized carbons (Fsp3) is 0.455. The first kappa shape index (κ1) is 12.5. The van der Waals surface area contributed by atoms with E-state index >= 15 is 0 Å². The van der Waals surface area contributed by atoms with Crippen LogP contribution in [0.3, 0.4) is 0 Å². The number of halogens is 1. The van der Waals surface area contributed by atoms with E-state index in [9.17, 15) is 0 Å². The zero-order valence-electron chi connectivity index (χ0n) is 8.56. The summed E-state index contributed by atoms with van der Waals surface area (Å²) >= 11 is 3.40. The molecule has 0 aliphatic heterocycles. The number of aliphatic hydroxyl groups is 2. The van der Waals surface area contributed by atoms with Gasteiger partial charge in [0.25, 0.3) is 0 Å². The molecule has 0 radical (unpaired) electrons. The Morgan fingerprint density at radius 3 is 2.87 bits per heavy atom. The van der Waals surface area contributed by atoms with E-state index in [2.05, 4.69) is 22.0 Å². The van der Waals surface area contributed by atoms with E-state index in [1.54, 1.807) is 0 Å². The van der Waals surface area contributed by atoms with Crippen molar-refractivity contribution in [3.05, 3.63) is 34.5 Å². The zero-order valence-corrected chi connectivity index (χ0v) is 10.1. The molecule has 84 valence electrons. The normalized spacial score (nSPS) is 22.8. The highest BCUT2D eigenvalue weighted by Gasteiger charge is 2.06. The van der Waals surface area contributed by atoms with Crippen LogP contribution in [-0.2, 0) is 4.74 Å². The van der Waals surface area contributed by atoms with Crippen molar-refractivity contribution in [2.75, 3.05) is 13.2 Å². The predicted octanol–water partition coefficient (Wildman–Crippen LogP) is 1.72. The van der Waals surface area contributed by atoms with Gasteiger partial charge in [0.1, 0.15) is 18.5 Å². The van der Waals surface area contributed by atoms with Crippen molar-refractivity contribution in [1.29, 1.82) is 0 Å². The lowest BCUT2D eigenvalue weighted by molar-refractivity contribution is 0.0326. The van der Waals surface area contributed by atoms with Gasteiger partial charge in [-0.2, -0.15) is 0 Å². The number of allylic oxidation sites excluding steroid dienone is 5. The van der Waals surface area contributed by atoms with Gasteiger partial charge in [-0.1, -0.05) is 28.9 Å². The fourth-order valence-electron chi connectivity index (χ4n) is 1.17. The monoisotopic (exact) mass is 274 g/mol. The Hall–Kier alpha value is -0.580. The Labute approximate surface area is 97.9 Å². The molecule has 2 atom stereocenters. The van der Waals surface area contributed by atoms with Crippen LogP contribution in [0.25, 0.3) is 0 Å². The molecule has 0 spiro atoms. The molecule has 0 saturated heterocycles. The second-order valence-electron chi connectivity index (χ2n) is 3.46. The van der Waals surface area contributed by atoms with Crippen molar-refractivity contribution in [1.82, 2.24) is 0 Å². The summed E-state index contributed by atoms with van der Waals surface area (Å²) < 4.78 is 6.35. The zero-order chi connectivity index (χ0) is 11.3. The molecule has 1 aliphatic rings. The molecule has 15 heavy (non-hydrogen) atoms. The number of hydrogen-bond acceptors (Lipinski definition) is 3. The van der Waals surface area contributed by atoms with Crippen LogP contribution in [0, 0.1) is 5.92 Å². The molecule has 0 bridgehead atoms. The van der Waals surface area contributed by atoms with Crippen LogP contribution in [0.15, 0.2) is 34.5 Å². The Bertz CT molecular complexity index is 294. The van der Waals surface area contributed by atoms with E-state index in [0.29, 0.717) is 5.76 Å². The molecular formula is C11H15BrO3. The van der Waals surface area contributed by atoms with Gasteiger partial charge in [-0.15, -0.1) is 0 Å². The molecule has 2 N–H and O–H groups in total. The van der Waals surface area contributed by atoms with Crippen molar-refractivity contribution in [3.63, 3.8) is 0 Å². The lowest BCUT2D eigenvalue weighted by atomic mass is 10.1. The van der Waals surface area contributed by atoms with E-state index in [0.717, 1.165) is 4.48 Å². The average Bonchev–Trinajstić information content (AvgIpc) is 2.36. The second-order valence-corrected chi connectivity index (χ2v) is 4.38. The van der Waals surface area contributed by atoms with E-state index in [-0.39, 0.29) is 19.1 Å². The van der Waals surface area contributed by atoms with Crippen LogP contribution in [0.2, 0.25) is 0 Å². The lowest BCUT2D eigenvalue weighted by Crippen LogP contribution is -2.19. The summed E-state index contributed by atoms with van der Waals surface area (Å²) in [5, 5.41) is 17.8. The topological polar surface area (TPSA) is 49.7 Å². The molecular weight excluding hydrogens is 260 g/mol. The van der Waals surface area contributed by atoms with Crippen molar-refractivity contribution in [2.24, 2.45) is 5.92 Å². The molecule has 0 amide bonds. The standard InChI is InChI=1S/C11H15BrO3/c1-8-4-9(12)2-3-11(5-8)15-7-10(14)6-13/h2-5,8,10,13-14H,6-7H2,1H3. The first-order valence-corrected chi connectivity index (χ1v) is 5.60. The minimum Gasteiger partial charge on any atom is -0.491 e. The number of hydrogen-bond donors (Lipinski definition) is 2. The van der Waals surface area contributed by atoms with Gasteiger partial charge >= 0.3 is 0 Å². The summed E-state index contributed by atoms with van der Waals surface area (Å²) in [5.41, 5.74) is 0. The molecule has 0 aromatic rings. The predicted molar refractivity (Wildman–Crippen MR) is 62.4 cm³/mol. The first-order valence-electron chi connectivity index (χ1n) is 4.80. The Balaban J connectivity index is 2.53. The molecule has 2 unspecified atom stereocenters. The summed E-state index contributed by atoms with van der Waals surface area (Å²) in [5.74, 6) is 0.983. The summed E-state index contributed by atoms with van der Waals surface area (Å²) in [6.45, 7) is 1.87. The quantitative estimate of drug-likeness (QED) is 0.821. The maximum atomic E-state index is 9.13. The van der Waals surface area contributed by atoms with Crippen LogP contribution < -0.4 is 0 Å². The van der Waals surface area contributed by atoms with Crippen LogP contribution >= 0.6 is 15.9 Å². The van der Waals surface area contributed by atoms with Crippen LogP contribution in [0.5, 0.6) is 0 Å². The Morgan fingerprint density at radius 1 is 1.47 bits per heavy atom. The van der Waals surface area contributed by atoms with Gasteiger partial charge in [0, 0.05) is 4.48 Å². The molecule has 0 aromatic carbocycles. The molecule has 1 rings (SSSR count). The van der Waals surface area contributed by atoms with E-state index < -0.39 is 6.10 Å². The van der Waals surface area contributed by atoms with Crippen molar-refractivity contribution in [3.8, 4) is 0 Å². The van der Waals surface area contributed by atoms with Gasteiger partial charge in [0.15, 0.2) is 0 Å². The lowest BCUT2D eigenvalue weighted by Gasteiger charge is -2.10. The minimum atomic E-state index is -0.825. The summed E-state index contributed by atoms with van der Waals surface area (Å²) in [4.78, 5) is 0. The smallest absolute Gasteiger partial charge is 0.116 e. The molecule has 0 saturated carbocycles. The maximum Gasteiger partial charge on any atom is 0.116 e. The molecule has 0 aromatic heterocycles. The summed E-state index contributed by atoms with van der Waals surface area (Å²) in [6, 6.07) is 0. The van der Waals surface area contributed by atoms with E-state index in [4.69, 9.17) is 14.9 Å². The van der Waals surface area contributed by atoms with Gasteiger partial charge in [-0.3, -0.25) is 0 Å². The van der Waals surface area contributed by atoms with E-state index in [1.165, 1.54) is 0 Å². The van der Waals surface area contributed by atoms with Gasteiger partial charge in [0.05, 0.1) is 6.61 Å². The molecule has 0 fully saturated rings. The highest BCUT2D eigenvalue weighted by molar-refractivity contribution is 9.11. The van der Waals surface area contributed by atoms with Gasteiger partial charge in [0.2, 0.25) is 0 Å². The Morgan fingerprint density at radius 2 is 2.20 bits per heavy atom. The van der Waals surface area contributed by atoms with Crippen LogP contribution in [0.4, 0.5) is 0 Å². The van der Waals surface area contributed by atoms with Gasteiger partial charge in [-0.25, -0.2) is 0 Å². The van der Waals surface area contributed by atoms with Gasteiger partial charge < -0.3 is 14.9 Å². The number of ether oxygens (including phenoxy) is 1.